The molecule has 0 heterocycles. The van der Waals surface area contributed by atoms with Crippen LogP contribution in [0.3, 0.4) is 0 Å². The van der Waals surface area contributed by atoms with Crippen molar-refractivity contribution in [2.24, 2.45) is 0 Å². The van der Waals surface area contributed by atoms with Crippen LogP contribution in [0.5, 0.6) is 0 Å². The third-order valence-corrected chi connectivity index (χ3v) is 3.62. The number of anilines is 1. The van der Waals surface area contributed by atoms with Gasteiger partial charge in [0.15, 0.2) is 6.10 Å². The molecule has 0 saturated heterocycles. The number of hydrogen-bond acceptors (Lipinski definition) is 4. The lowest BCUT2D eigenvalue weighted by Crippen LogP contribution is -2.40. The van der Waals surface area contributed by atoms with Gasteiger partial charge in [-0.15, -0.1) is 0 Å². The van der Waals surface area contributed by atoms with E-state index in [1.165, 1.54) is 13.0 Å². The number of nitrogens with one attached hydrogen (secondary N) is 1. The van der Waals surface area contributed by atoms with Crippen molar-refractivity contribution in [3.63, 3.8) is 0 Å². The van der Waals surface area contributed by atoms with E-state index in [1.54, 1.807) is 0 Å². The number of rotatable bonds is 5. The smallest absolute Gasteiger partial charge is 0.340 e. The van der Waals surface area contributed by atoms with Crippen molar-refractivity contribution in [1.82, 2.24) is 5.32 Å². The van der Waals surface area contributed by atoms with Gasteiger partial charge in [-0.25, -0.2) is 9.18 Å². The standard InChI is InChI=1S/C14H18BrFN2O3/c1-4-7(2)18-13(19)8(3)21-14(20)9-5-12(17)11(16)6-10(9)15/h5-8H,4,17H2,1-3H3,(H,18,19). The molecule has 0 aliphatic heterocycles. The van der Waals surface area contributed by atoms with Crippen LogP contribution in [0.4, 0.5) is 10.1 Å². The van der Waals surface area contributed by atoms with Crippen LogP contribution >= 0.6 is 15.9 Å². The third-order valence-electron chi connectivity index (χ3n) is 2.96. The number of halogens is 2. The summed E-state index contributed by atoms with van der Waals surface area (Å²) in [6, 6.07) is 2.24. The highest BCUT2D eigenvalue weighted by molar-refractivity contribution is 9.10. The van der Waals surface area contributed by atoms with Crippen LogP contribution in [0.25, 0.3) is 0 Å². The molecule has 0 aromatic heterocycles. The monoisotopic (exact) mass is 360 g/mol. The molecule has 0 saturated carbocycles. The number of nitrogens with two attached hydrogens (primary N) is 1. The van der Waals surface area contributed by atoms with Crippen molar-refractivity contribution in [2.45, 2.75) is 39.3 Å². The molecule has 0 aliphatic rings. The van der Waals surface area contributed by atoms with E-state index < -0.39 is 17.9 Å². The summed E-state index contributed by atoms with van der Waals surface area (Å²) in [7, 11) is 0. The van der Waals surface area contributed by atoms with Crippen LogP contribution in [-0.2, 0) is 9.53 Å². The van der Waals surface area contributed by atoms with Crippen molar-refractivity contribution >= 4 is 33.5 Å². The first-order valence-electron chi connectivity index (χ1n) is 6.52. The topological polar surface area (TPSA) is 81.4 Å². The van der Waals surface area contributed by atoms with Gasteiger partial charge in [0.25, 0.3) is 5.91 Å². The first-order valence-corrected chi connectivity index (χ1v) is 7.31. The van der Waals surface area contributed by atoms with E-state index in [-0.39, 0.29) is 27.7 Å². The molecule has 1 aromatic carbocycles. The van der Waals surface area contributed by atoms with Gasteiger partial charge in [0.1, 0.15) is 5.82 Å². The number of hydrogen-bond donors (Lipinski definition) is 2. The maximum Gasteiger partial charge on any atom is 0.340 e. The largest absolute Gasteiger partial charge is 0.449 e. The van der Waals surface area contributed by atoms with Crippen molar-refractivity contribution in [3.8, 4) is 0 Å². The van der Waals surface area contributed by atoms with Gasteiger partial charge in [0.05, 0.1) is 11.3 Å². The minimum Gasteiger partial charge on any atom is -0.449 e. The molecule has 0 bridgehead atoms. The van der Waals surface area contributed by atoms with E-state index in [9.17, 15) is 14.0 Å². The van der Waals surface area contributed by atoms with E-state index in [1.807, 2.05) is 13.8 Å². The molecular weight excluding hydrogens is 343 g/mol. The normalized spacial score (nSPS) is 13.4. The summed E-state index contributed by atoms with van der Waals surface area (Å²) in [4.78, 5) is 23.8. The molecular formula is C14H18BrFN2O3. The molecule has 3 N–H and O–H groups in total. The lowest BCUT2D eigenvalue weighted by atomic mass is 10.2. The molecule has 7 heteroatoms. The van der Waals surface area contributed by atoms with Gasteiger partial charge < -0.3 is 15.8 Å². The van der Waals surface area contributed by atoms with E-state index in [2.05, 4.69) is 21.2 Å². The minimum absolute atomic E-state index is 0.00754. The summed E-state index contributed by atoms with van der Waals surface area (Å²) in [6.07, 6.45) is -0.184. The van der Waals surface area contributed by atoms with Crippen molar-refractivity contribution in [2.75, 3.05) is 5.73 Å². The number of carbonyl (C=O) groups is 2. The summed E-state index contributed by atoms with van der Waals surface area (Å²) >= 11 is 3.06. The Morgan fingerprint density at radius 2 is 2.05 bits per heavy atom. The summed E-state index contributed by atoms with van der Waals surface area (Å²) in [5.41, 5.74) is 5.32. The first kappa shape index (κ1) is 17.4. The Bertz CT molecular complexity index is 551. The Labute approximate surface area is 131 Å². The van der Waals surface area contributed by atoms with Gasteiger partial charge in [-0.3, -0.25) is 4.79 Å². The highest BCUT2D eigenvalue weighted by Gasteiger charge is 2.22. The Hall–Kier alpha value is -1.63. The summed E-state index contributed by atoms with van der Waals surface area (Å²) in [5.74, 6) is -1.77. The first-order chi connectivity index (χ1) is 9.76. The number of ether oxygens (including phenoxy) is 1. The lowest BCUT2D eigenvalue weighted by Gasteiger charge is -2.17. The summed E-state index contributed by atoms with van der Waals surface area (Å²) in [5, 5.41) is 2.71. The van der Waals surface area contributed by atoms with Crippen molar-refractivity contribution in [3.05, 3.63) is 28.0 Å². The van der Waals surface area contributed by atoms with Crippen LogP contribution in [0.1, 0.15) is 37.6 Å². The molecule has 21 heavy (non-hydrogen) atoms. The molecule has 2 atom stereocenters. The van der Waals surface area contributed by atoms with E-state index >= 15 is 0 Å². The summed E-state index contributed by atoms with van der Waals surface area (Å²) in [6.45, 7) is 5.25. The van der Waals surface area contributed by atoms with E-state index in [0.29, 0.717) is 0 Å². The van der Waals surface area contributed by atoms with Crippen LogP contribution in [0, 0.1) is 5.82 Å². The predicted molar refractivity (Wildman–Crippen MR) is 81.3 cm³/mol. The second-order valence-electron chi connectivity index (χ2n) is 4.72. The average molecular weight is 361 g/mol. The number of amides is 1. The van der Waals surface area contributed by atoms with Crippen LogP contribution in [0.2, 0.25) is 0 Å². The molecule has 5 nitrogen and oxygen atoms in total. The molecule has 0 aliphatic carbocycles. The fourth-order valence-corrected chi connectivity index (χ4v) is 1.94. The molecule has 0 spiro atoms. The lowest BCUT2D eigenvalue weighted by molar-refractivity contribution is -0.129. The molecule has 0 radical (unpaired) electrons. The van der Waals surface area contributed by atoms with E-state index in [0.717, 1.165) is 12.5 Å². The van der Waals surface area contributed by atoms with Crippen LogP contribution in [-0.4, -0.2) is 24.0 Å². The fourth-order valence-electron chi connectivity index (χ4n) is 1.46. The predicted octanol–water partition coefficient (Wildman–Crippen LogP) is 2.63. The highest BCUT2D eigenvalue weighted by atomic mass is 79.9. The summed E-state index contributed by atoms with van der Waals surface area (Å²) < 4.78 is 18.5. The quantitative estimate of drug-likeness (QED) is 0.624. The average Bonchev–Trinajstić information content (AvgIpc) is 2.42. The Kier molecular flexibility index (Phi) is 6.14. The van der Waals surface area contributed by atoms with Gasteiger partial charge in [-0.2, -0.15) is 0 Å². The zero-order valence-corrected chi connectivity index (χ0v) is 13.7. The maximum absolute atomic E-state index is 13.2. The second kappa shape index (κ2) is 7.40. The van der Waals surface area contributed by atoms with Gasteiger partial charge >= 0.3 is 5.97 Å². The van der Waals surface area contributed by atoms with Gasteiger partial charge in [-0.1, -0.05) is 6.92 Å². The molecule has 1 amide bonds. The number of carbonyl (C=O) groups excluding carboxylic acids is 2. The zero-order valence-electron chi connectivity index (χ0n) is 12.1. The Morgan fingerprint density at radius 3 is 2.62 bits per heavy atom. The molecule has 116 valence electrons. The fraction of sp³-hybridized carbons (Fsp3) is 0.429. The number of benzene rings is 1. The van der Waals surface area contributed by atoms with Crippen LogP contribution in [0.15, 0.2) is 16.6 Å². The van der Waals surface area contributed by atoms with Gasteiger partial charge in [0, 0.05) is 10.5 Å². The van der Waals surface area contributed by atoms with E-state index in [4.69, 9.17) is 10.5 Å². The number of esters is 1. The molecule has 2 unspecified atom stereocenters. The molecule has 1 rings (SSSR count). The zero-order chi connectivity index (χ0) is 16.2. The Morgan fingerprint density at radius 1 is 1.43 bits per heavy atom. The minimum atomic E-state index is -0.954. The Balaban J connectivity index is 2.77. The third kappa shape index (κ3) is 4.70. The van der Waals surface area contributed by atoms with Crippen LogP contribution < -0.4 is 11.1 Å². The van der Waals surface area contributed by atoms with Crippen molar-refractivity contribution in [1.29, 1.82) is 0 Å². The second-order valence-corrected chi connectivity index (χ2v) is 5.57. The SMILES string of the molecule is CCC(C)NC(=O)C(C)OC(=O)c1cc(N)c(F)cc1Br. The van der Waals surface area contributed by atoms with Gasteiger partial charge in [-0.05, 0) is 48.3 Å². The maximum atomic E-state index is 13.2. The van der Waals surface area contributed by atoms with Gasteiger partial charge in [0.2, 0.25) is 0 Å². The highest BCUT2D eigenvalue weighted by Crippen LogP contribution is 2.23. The molecule has 1 aromatic rings. The van der Waals surface area contributed by atoms with Crippen molar-refractivity contribution < 1.29 is 18.7 Å². The molecule has 0 fully saturated rings. The number of nitrogen functional groups attached to an aromatic ring is 1.